The Morgan fingerprint density at radius 1 is 1.31 bits per heavy atom. The molecule has 5 heteroatoms. The number of hydrogen-bond acceptors (Lipinski definition) is 3. The van der Waals surface area contributed by atoms with E-state index in [2.05, 4.69) is 10.6 Å². The molecule has 0 aromatic heterocycles. The zero-order valence-electron chi connectivity index (χ0n) is 9.71. The van der Waals surface area contributed by atoms with Gasteiger partial charge in [0.25, 0.3) is 0 Å². The van der Waals surface area contributed by atoms with Crippen LogP contribution in [0, 0.1) is 0 Å². The fourth-order valence-corrected chi connectivity index (χ4v) is 2.02. The molecule has 1 aliphatic carbocycles. The fourth-order valence-electron chi connectivity index (χ4n) is 2.02. The summed E-state index contributed by atoms with van der Waals surface area (Å²) in [5.74, 6) is -0.970. The minimum Gasteiger partial charge on any atom is -0.480 e. The maximum absolute atomic E-state index is 11.4. The molecule has 0 aromatic carbocycles. The first kappa shape index (κ1) is 13.0. The molecule has 0 bridgehead atoms. The highest BCUT2D eigenvalue weighted by Crippen LogP contribution is 2.29. The highest BCUT2D eigenvalue weighted by atomic mass is 16.4. The van der Waals surface area contributed by atoms with E-state index >= 15 is 0 Å². The van der Waals surface area contributed by atoms with Crippen molar-refractivity contribution in [1.29, 1.82) is 0 Å². The predicted octanol–water partition coefficient (Wildman–Crippen LogP) is 0.500. The Bertz CT molecular complexity index is 260. The lowest BCUT2D eigenvalue weighted by Crippen LogP contribution is -2.53. The smallest absolute Gasteiger partial charge is 0.323 e. The van der Waals surface area contributed by atoms with Crippen LogP contribution in [0.4, 0.5) is 0 Å². The van der Waals surface area contributed by atoms with E-state index < -0.39 is 11.5 Å². The maximum Gasteiger partial charge on any atom is 0.323 e. The number of carboxylic acid groups (broad SMARTS) is 1. The number of amides is 1. The van der Waals surface area contributed by atoms with E-state index in [1.165, 1.54) is 0 Å². The molecular weight excluding hydrogens is 208 g/mol. The van der Waals surface area contributed by atoms with Gasteiger partial charge in [-0.2, -0.15) is 0 Å². The number of hydrogen-bond donors (Lipinski definition) is 3. The number of carboxylic acids is 1. The summed E-state index contributed by atoms with van der Waals surface area (Å²) in [6.07, 6.45) is 3.94. The van der Waals surface area contributed by atoms with Gasteiger partial charge in [0.15, 0.2) is 0 Å². The van der Waals surface area contributed by atoms with Crippen LogP contribution in [0.25, 0.3) is 0 Å². The summed E-state index contributed by atoms with van der Waals surface area (Å²) < 4.78 is 0. The van der Waals surface area contributed by atoms with Gasteiger partial charge in [-0.05, 0) is 19.3 Å². The molecule has 0 aliphatic heterocycles. The van der Waals surface area contributed by atoms with Crippen LogP contribution < -0.4 is 10.6 Å². The van der Waals surface area contributed by atoms with Crippen molar-refractivity contribution < 1.29 is 14.7 Å². The maximum atomic E-state index is 11.4. The van der Waals surface area contributed by atoms with Crippen LogP contribution in [-0.4, -0.2) is 35.6 Å². The minimum absolute atomic E-state index is 0.0896. The first-order valence-corrected chi connectivity index (χ1v) is 5.86. The highest BCUT2D eigenvalue weighted by Gasteiger charge is 2.40. The van der Waals surface area contributed by atoms with Gasteiger partial charge < -0.3 is 10.4 Å². The average Bonchev–Trinajstić information content (AvgIpc) is 2.73. The van der Waals surface area contributed by atoms with E-state index in [1.54, 1.807) is 0 Å². The van der Waals surface area contributed by atoms with Gasteiger partial charge in [0.1, 0.15) is 5.54 Å². The lowest BCUT2D eigenvalue weighted by molar-refractivity contribution is -0.144. The molecule has 0 heterocycles. The van der Waals surface area contributed by atoms with Crippen molar-refractivity contribution in [2.75, 3.05) is 13.1 Å². The van der Waals surface area contributed by atoms with Crippen molar-refractivity contribution in [3.63, 3.8) is 0 Å². The summed E-state index contributed by atoms with van der Waals surface area (Å²) in [6, 6.07) is 0. The largest absolute Gasteiger partial charge is 0.480 e. The number of rotatable bonds is 6. The summed E-state index contributed by atoms with van der Waals surface area (Å²) in [5.41, 5.74) is -0.871. The highest BCUT2D eigenvalue weighted by molar-refractivity contribution is 5.82. The SMILES string of the molecule is CCCNC(=O)CNC1(C(=O)O)CCCC1. The van der Waals surface area contributed by atoms with E-state index in [0.717, 1.165) is 19.3 Å². The topological polar surface area (TPSA) is 78.4 Å². The van der Waals surface area contributed by atoms with Crippen LogP contribution in [0.15, 0.2) is 0 Å². The van der Waals surface area contributed by atoms with Crippen molar-refractivity contribution in [2.24, 2.45) is 0 Å². The molecule has 1 aliphatic rings. The standard InChI is InChI=1S/C11H20N2O3/c1-2-7-12-9(14)8-13-11(10(15)16)5-3-4-6-11/h13H,2-8H2,1H3,(H,12,14)(H,15,16). The quantitative estimate of drug-likeness (QED) is 0.618. The Morgan fingerprint density at radius 3 is 2.44 bits per heavy atom. The van der Waals surface area contributed by atoms with E-state index in [9.17, 15) is 9.59 Å². The van der Waals surface area contributed by atoms with Crippen LogP contribution >= 0.6 is 0 Å². The lowest BCUT2D eigenvalue weighted by atomic mass is 9.98. The van der Waals surface area contributed by atoms with Crippen molar-refractivity contribution in [2.45, 2.75) is 44.6 Å². The molecule has 1 fully saturated rings. The van der Waals surface area contributed by atoms with Crippen LogP contribution in [-0.2, 0) is 9.59 Å². The molecular formula is C11H20N2O3. The van der Waals surface area contributed by atoms with E-state index in [1.807, 2.05) is 6.92 Å². The molecule has 1 saturated carbocycles. The van der Waals surface area contributed by atoms with Gasteiger partial charge in [-0.25, -0.2) is 0 Å². The molecule has 1 rings (SSSR count). The Labute approximate surface area is 95.6 Å². The normalized spacial score (nSPS) is 18.3. The zero-order chi connectivity index (χ0) is 12.0. The zero-order valence-corrected chi connectivity index (χ0v) is 9.71. The Hall–Kier alpha value is -1.10. The molecule has 16 heavy (non-hydrogen) atoms. The van der Waals surface area contributed by atoms with Crippen LogP contribution in [0.1, 0.15) is 39.0 Å². The molecule has 5 nitrogen and oxygen atoms in total. The van der Waals surface area contributed by atoms with Gasteiger partial charge >= 0.3 is 5.97 Å². The van der Waals surface area contributed by atoms with Crippen LogP contribution in [0.3, 0.4) is 0 Å². The van der Waals surface area contributed by atoms with Crippen molar-refractivity contribution >= 4 is 11.9 Å². The molecule has 0 unspecified atom stereocenters. The predicted molar refractivity (Wildman–Crippen MR) is 60.1 cm³/mol. The summed E-state index contributed by atoms with van der Waals surface area (Å²) in [6.45, 7) is 2.70. The third-order valence-corrected chi connectivity index (χ3v) is 3.03. The summed E-state index contributed by atoms with van der Waals surface area (Å²) in [5, 5.41) is 14.8. The van der Waals surface area contributed by atoms with E-state index in [-0.39, 0.29) is 12.5 Å². The Morgan fingerprint density at radius 2 is 1.94 bits per heavy atom. The number of carbonyl (C=O) groups is 2. The number of nitrogens with one attached hydrogen (secondary N) is 2. The van der Waals surface area contributed by atoms with Gasteiger partial charge in [-0.1, -0.05) is 19.8 Å². The molecule has 0 atom stereocenters. The second kappa shape index (κ2) is 5.84. The first-order valence-electron chi connectivity index (χ1n) is 5.86. The molecule has 1 amide bonds. The fraction of sp³-hybridized carbons (Fsp3) is 0.818. The summed E-state index contributed by atoms with van der Waals surface area (Å²) >= 11 is 0. The third-order valence-electron chi connectivity index (χ3n) is 3.03. The van der Waals surface area contributed by atoms with Gasteiger partial charge in [-0.15, -0.1) is 0 Å². The second-order valence-electron chi connectivity index (χ2n) is 4.30. The Kier molecular flexibility index (Phi) is 4.73. The van der Waals surface area contributed by atoms with Gasteiger partial charge in [0.2, 0.25) is 5.91 Å². The van der Waals surface area contributed by atoms with Crippen molar-refractivity contribution in [3.05, 3.63) is 0 Å². The molecule has 92 valence electrons. The minimum atomic E-state index is -0.871. The molecule has 0 radical (unpaired) electrons. The second-order valence-corrected chi connectivity index (χ2v) is 4.30. The molecule has 0 saturated heterocycles. The number of aliphatic carboxylic acids is 1. The lowest BCUT2D eigenvalue weighted by Gasteiger charge is -2.24. The van der Waals surface area contributed by atoms with Crippen molar-refractivity contribution in [1.82, 2.24) is 10.6 Å². The third kappa shape index (κ3) is 3.20. The van der Waals surface area contributed by atoms with Gasteiger partial charge in [0, 0.05) is 6.54 Å². The van der Waals surface area contributed by atoms with Crippen molar-refractivity contribution in [3.8, 4) is 0 Å². The van der Waals surface area contributed by atoms with Gasteiger partial charge in [0.05, 0.1) is 6.54 Å². The Balaban J connectivity index is 2.39. The summed E-state index contributed by atoms with van der Waals surface area (Å²) in [7, 11) is 0. The van der Waals surface area contributed by atoms with Crippen LogP contribution in [0.5, 0.6) is 0 Å². The molecule has 0 aromatic rings. The van der Waals surface area contributed by atoms with Gasteiger partial charge in [-0.3, -0.25) is 14.9 Å². The van der Waals surface area contributed by atoms with Crippen LogP contribution in [0.2, 0.25) is 0 Å². The molecule has 3 N–H and O–H groups in total. The number of carbonyl (C=O) groups excluding carboxylic acids is 1. The molecule has 0 spiro atoms. The average molecular weight is 228 g/mol. The van der Waals surface area contributed by atoms with E-state index in [0.29, 0.717) is 19.4 Å². The monoisotopic (exact) mass is 228 g/mol. The first-order chi connectivity index (χ1) is 7.60. The van der Waals surface area contributed by atoms with E-state index in [4.69, 9.17) is 5.11 Å². The summed E-state index contributed by atoms with van der Waals surface area (Å²) in [4.78, 5) is 22.5.